The monoisotopic (exact) mass is 354 g/mol. The Balaban J connectivity index is 2.05. The van der Waals surface area contributed by atoms with Gasteiger partial charge in [-0.05, 0) is 43.0 Å². The first kappa shape index (κ1) is 19.4. The molecule has 0 aliphatic rings. The SMILES string of the molecule is CCCCCc1ccc(C(F)(F)OC(C)c2ccc(F)c(F)c2)cc1. The fourth-order valence-electron chi connectivity index (χ4n) is 2.57. The molecule has 1 nitrogen and oxygen atoms in total. The molecule has 5 heteroatoms. The van der Waals surface area contributed by atoms with Gasteiger partial charge in [0.15, 0.2) is 11.6 Å². The Morgan fingerprint density at radius 1 is 0.960 bits per heavy atom. The van der Waals surface area contributed by atoms with Gasteiger partial charge >= 0.3 is 6.11 Å². The van der Waals surface area contributed by atoms with Gasteiger partial charge in [0, 0.05) is 0 Å². The van der Waals surface area contributed by atoms with Crippen LogP contribution in [0.2, 0.25) is 0 Å². The van der Waals surface area contributed by atoms with Crippen molar-refractivity contribution in [2.45, 2.75) is 51.7 Å². The first-order valence-electron chi connectivity index (χ1n) is 8.43. The van der Waals surface area contributed by atoms with Crippen LogP contribution in [-0.2, 0) is 17.3 Å². The van der Waals surface area contributed by atoms with Crippen molar-refractivity contribution in [3.05, 3.63) is 70.8 Å². The van der Waals surface area contributed by atoms with E-state index in [1.807, 2.05) is 0 Å². The zero-order chi connectivity index (χ0) is 18.4. The van der Waals surface area contributed by atoms with Gasteiger partial charge < -0.3 is 4.74 Å². The van der Waals surface area contributed by atoms with Crippen LogP contribution in [0.4, 0.5) is 17.6 Å². The molecular formula is C20H22F4O. The molecule has 0 bridgehead atoms. The molecule has 0 N–H and O–H groups in total. The van der Waals surface area contributed by atoms with Crippen molar-refractivity contribution in [2.75, 3.05) is 0 Å². The second-order valence-electron chi connectivity index (χ2n) is 6.10. The Morgan fingerprint density at radius 3 is 2.24 bits per heavy atom. The van der Waals surface area contributed by atoms with Crippen LogP contribution in [0.5, 0.6) is 0 Å². The van der Waals surface area contributed by atoms with Crippen LogP contribution in [0.25, 0.3) is 0 Å². The lowest BCUT2D eigenvalue weighted by molar-refractivity contribution is -0.272. The Labute approximate surface area is 145 Å². The van der Waals surface area contributed by atoms with Crippen LogP contribution in [0.15, 0.2) is 42.5 Å². The lowest BCUT2D eigenvalue weighted by Gasteiger charge is -2.22. The molecule has 0 aliphatic heterocycles. The molecule has 0 fully saturated rings. The Kier molecular flexibility index (Phi) is 6.59. The Hall–Kier alpha value is -1.88. The highest BCUT2D eigenvalue weighted by Gasteiger charge is 2.35. The van der Waals surface area contributed by atoms with Crippen LogP contribution in [0.1, 0.15) is 55.9 Å². The molecule has 0 saturated heterocycles. The van der Waals surface area contributed by atoms with E-state index in [4.69, 9.17) is 4.74 Å². The van der Waals surface area contributed by atoms with Crippen molar-refractivity contribution >= 4 is 0 Å². The maximum Gasteiger partial charge on any atom is 0.383 e. The molecule has 1 atom stereocenters. The van der Waals surface area contributed by atoms with E-state index < -0.39 is 23.8 Å². The quantitative estimate of drug-likeness (QED) is 0.387. The molecule has 0 heterocycles. The number of hydrogen-bond donors (Lipinski definition) is 0. The number of alkyl halides is 2. The average molecular weight is 354 g/mol. The van der Waals surface area contributed by atoms with Gasteiger partial charge in [0.25, 0.3) is 0 Å². The molecule has 25 heavy (non-hydrogen) atoms. The summed E-state index contributed by atoms with van der Waals surface area (Å²) in [7, 11) is 0. The summed E-state index contributed by atoms with van der Waals surface area (Å²) in [5.41, 5.74) is 0.887. The van der Waals surface area contributed by atoms with E-state index in [-0.39, 0.29) is 11.1 Å². The fourth-order valence-corrected chi connectivity index (χ4v) is 2.57. The normalized spacial score (nSPS) is 13.0. The summed E-state index contributed by atoms with van der Waals surface area (Å²) < 4.78 is 59.7. The Bertz CT molecular complexity index is 683. The van der Waals surface area contributed by atoms with Gasteiger partial charge in [0.2, 0.25) is 0 Å². The van der Waals surface area contributed by atoms with Crippen LogP contribution in [0, 0.1) is 11.6 Å². The lowest BCUT2D eigenvalue weighted by atomic mass is 10.0. The van der Waals surface area contributed by atoms with Gasteiger partial charge in [0.05, 0.1) is 11.7 Å². The number of rotatable bonds is 8. The van der Waals surface area contributed by atoms with Crippen LogP contribution >= 0.6 is 0 Å². The van der Waals surface area contributed by atoms with E-state index in [1.165, 1.54) is 25.1 Å². The standard InChI is InChI=1S/C20H22F4O/c1-3-4-5-6-15-7-10-17(11-8-15)20(23,24)25-14(2)16-9-12-18(21)19(22)13-16/h7-14H,3-6H2,1-2H3. The van der Waals surface area contributed by atoms with Crippen LogP contribution in [-0.4, -0.2) is 0 Å². The molecule has 0 aromatic heterocycles. The number of benzene rings is 2. The minimum absolute atomic E-state index is 0.148. The molecule has 0 saturated carbocycles. The summed E-state index contributed by atoms with van der Waals surface area (Å²) in [6.45, 7) is 3.48. The van der Waals surface area contributed by atoms with E-state index in [9.17, 15) is 17.6 Å². The maximum atomic E-state index is 14.3. The smallest absolute Gasteiger partial charge is 0.309 e. The number of ether oxygens (including phenoxy) is 1. The summed E-state index contributed by atoms with van der Waals surface area (Å²) in [6.07, 6.45) is -0.527. The predicted molar refractivity (Wildman–Crippen MR) is 89.4 cm³/mol. The van der Waals surface area contributed by atoms with Crippen molar-refractivity contribution in [2.24, 2.45) is 0 Å². The van der Waals surface area contributed by atoms with Gasteiger partial charge in [-0.1, -0.05) is 50.1 Å². The summed E-state index contributed by atoms with van der Waals surface area (Å²) in [5.74, 6) is -2.12. The van der Waals surface area contributed by atoms with Gasteiger partial charge in [-0.25, -0.2) is 8.78 Å². The molecule has 0 radical (unpaired) electrons. The molecule has 136 valence electrons. The van der Waals surface area contributed by atoms with Gasteiger partial charge in [-0.2, -0.15) is 8.78 Å². The zero-order valence-electron chi connectivity index (χ0n) is 14.4. The largest absolute Gasteiger partial charge is 0.383 e. The molecule has 0 amide bonds. The van der Waals surface area contributed by atoms with Crippen LogP contribution in [0.3, 0.4) is 0 Å². The third-order valence-corrected chi connectivity index (χ3v) is 4.10. The molecular weight excluding hydrogens is 332 g/mol. The van der Waals surface area contributed by atoms with Crippen molar-refractivity contribution in [3.8, 4) is 0 Å². The number of halogens is 4. The van der Waals surface area contributed by atoms with Gasteiger partial charge in [-0.3, -0.25) is 0 Å². The molecule has 1 unspecified atom stereocenters. The van der Waals surface area contributed by atoms with Gasteiger partial charge in [0.1, 0.15) is 0 Å². The van der Waals surface area contributed by atoms with Gasteiger partial charge in [-0.15, -0.1) is 0 Å². The van der Waals surface area contributed by atoms with E-state index in [0.717, 1.165) is 43.4 Å². The second-order valence-corrected chi connectivity index (χ2v) is 6.10. The van der Waals surface area contributed by atoms with E-state index >= 15 is 0 Å². The summed E-state index contributed by atoms with van der Waals surface area (Å²) in [6, 6.07) is 9.03. The third-order valence-electron chi connectivity index (χ3n) is 4.10. The van der Waals surface area contributed by atoms with Crippen molar-refractivity contribution in [1.82, 2.24) is 0 Å². The zero-order valence-corrected chi connectivity index (χ0v) is 14.4. The van der Waals surface area contributed by atoms with E-state index in [1.54, 1.807) is 12.1 Å². The predicted octanol–water partition coefficient (Wildman–Crippen LogP) is 6.52. The van der Waals surface area contributed by atoms with Crippen molar-refractivity contribution in [3.63, 3.8) is 0 Å². The molecule has 2 aromatic carbocycles. The van der Waals surface area contributed by atoms with E-state index in [2.05, 4.69) is 6.92 Å². The molecule has 2 rings (SSSR count). The number of aryl methyl sites for hydroxylation is 1. The lowest BCUT2D eigenvalue weighted by Crippen LogP contribution is -2.20. The minimum atomic E-state index is -3.52. The number of unbranched alkanes of at least 4 members (excludes halogenated alkanes) is 2. The second kappa shape index (κ2) is 8.48. The van der Waals surface area contributed by atoms with E-state index in [0.29, 0.717) is 0 Å². The number of hydrogen-bond acceptors (Lipinski definition) is 1. The summed E-state index contributed by atoms with van der Waals surface area (Å²) in [4.78, 5) is 0. The highest BCUT2D eigenvalue weighted by Crippen LogP contribution is 2.35. The summed E-state index contributed by atoms with van der Waals surface area (Å²) in [5, 5.41) is 0. The molecule has 0 spiro atoms. The summed E-state index contributed by atoms with van der Waals surface area (Å²) >= 11 is 0. The van der Waals surface area contributed by atoms with Crippen LogP contribution < -0.4 is 0 Å². The van der Waals surface area contributed by atoms with Crippen molar-refractivity contribution in [1.29, 1.82) is 0 Å². The first-order valence-corrected chi connectivity index (χ1v) is 8.43. The third kappa shape index (κ3) is 5.30. The molecule has 2 aromatic rings. The Morgan fingerprint density at radius 2 is 1.64 bits per heavy atom. The minimum Gasteiger partial charge on any atom is -0.309 e. The molecule has 0 aliphatic carbocycles. The average Bonchev–Trinajstić information content (AvgIpc) is 2.57. The highest BCUT2D eigenvalue weighted by molar-refractivity contribution is 5.25. The maximum absolute atomic E-state index is 14.3. The highest BCUT2D eigenvalue weighted by atomic mass is 19.3. The van der Waals surface area contributed by atoms with Crippen molar-refractivity contribution < 1.29 is 22.3 Å². The fraction of sp³-hybridized carbons (Fsp3) is 0.400. The topological polar surface area (TPSA) is 9.23 Å². The first-order chi connectivity index (χ1) is 11.8.